The van der Waals surface area contributed by atoms with Crippen molar-refractivity contribution in [2.45, 2.75) is 39.9 Å². The summed E-state index contributed by atoms with van der Waals surface area (Å²) in [4.78, 5) is 0. The van der Waals surface area contributed by atoms with Crippen molar-refractivity contribution in [1.29, 1.82) is 0 Å². The number of fused-ring (bicyclic) bond motifs is 3. The van der Waals surface area contributed by atoms with E-state index < -0.39 is 29.3 Å². The Morgan fingerprint density at radius 1 is 0.964 bits per heavy atom. The molecule has 0 saturated heterocycles. The van der Waals surface area contributed by atoms with Crippen LogP contribution >= 0.6 is 0 Å². The smallest absolute Gasteiger partial charge is 1.00 e. The Hall–Kier alpha value is -0.530. The molecule has 0 spiro atoms. The van der Waals surface area contributed by atoms with E-state index in [-0.39, 0.29) is 24.8 Å². The van der Waals surface area contributed by atoms with Crippen LogP contribution in [0.4, 0.5) is 0 Å². The molecule has 2 aromatic rings. The van der Waals surface area contributed by atoms with Gasteiger partial charge in [0.05, 0.1) is 0 Å². The maximum atomic E-state index is 4.87. The third-order valence-corrected chi connectivity index (χ3v) is 14.5. The van der Waals surface area contributed by atoms with Crippen LogP contribution in [0, 0.1) is 5.92 Å². The van der Waals surface area contributed by atoms with Gasteiger partial charge in [0.25, 0.3) is 0 Å². The first kappa shape index (κ1) is 23.7. The summed E-state index contributed by atoms with van der Waals surface area (Å²) in [6, 6.07) is 15.9. The predicted octanol–water partition coefficient (Wildman–Crippen LogP) is -0.331. The van der Waals surface area contributed by atoms with Crippen molar-refractivity contribution in [1.82, 2.24) is 0 Å². The van der Waals surface area contributed by atoms with Gasteiger partial charge in [0.2, 0.25) is 0 Å². The zero-order valence-corrected chi connectivity index (χ0v) is 22.3. The van der Waals surface area contributed by atoms with Gasteiger partial charge in [-0.1, -0.05) is 0 Å². The van der Waals surface area contributed by atoms with Crippen molar-refractivity contribution in [3.05, 3.63) is 73.7 Å². The fourth-order valence-electron chi connectivity index (χ4n) is 4.84. The van der Waals surface area contributed by atoms with Gasteiger partial charge in [0.1, 0.15) is 0 Å². The van der Waals surface area contributed by atoms with E-state index in [1.807, 2.05) is 0 Å². The number of halogens is 2. The molecule has 0 aliphatic heterocycles. The van der Waals surface area contributed by atoms with Crippen LogP contribution in [0.5, 0.6) is 0 Å². The fourth-order valence-corrected chi connectivity index (χ4v) is 13.0. The van der Waals surface area contributed by atoms with Gasteiger partial charge in [-0.15, -0.1) is 0 Å². The second-order valence-corrected chi connectivity index (χ2v) is 18.8. The minimum absolute atomic E-state index is 0. The molecule has 1 atom stereocenters. The number of hydrogen-bond donors (Lipinski definition) is 0. The standard InChI is InChI=1S/C13H9.C10H17Si.CH2.2ClH.Zr/c1-3-7-12-10(5-1)9-11-6-2-4-8-13(11)12;1-8-6-9(2)10(7-8)11(3,4)5;;;;/h1-5,7-8H,9H2;7-8H,1-5H3;1H2;2*1H;/q;;;;;+2/p-2. The maximum Gasteiger partial charge on any atom is -1.00 e. The van der Waals surface area contributed by atoms with Crippen molar-refractivity contribution in [2.75, 3.05) is 0 Å². The Balaban J connectivity index is 0.00000140. The molecular weight excluding hydrogens is 478 g/mol. The van der Waals surface area contributed by atoms with Crippen LogP contribution in [-0.2, 0) is 27.7 Å². The van der Waals surface area contributed by atoms with Crippen LogP contribution in [0.15, 0.2) is 62.6 Å². The summed E-state index contributed by atoms with van der Waals surface area (Å²) in [5, 5.41) is 1.68. The third kappa shape index (κ3) is 3.91. The van der Waals surface area contributed by atoms with Gasteiger partial charge < -0.3 is 24.8 Å². The molecule has 0 nitrogen and oxygen atoms in total. The minimum atomic E-state index is -2.10. The quantitative estimate of drug-likeness (QED) is 0.427. The second-order valence-electron chi connectivity index (χ2n) is 8.80. The van der Waals surface area contributed by atoms with E-state index in [0.717, 1.165) is 6.42 Å². The number of benzene rings is 2. The summed E-state index contributed by atoms with van der Waals surface area (Å²) in [7, 11) is -1.28. The Labute approximate surface area is 191 Å². The minimum Gasteiger partial charge on any atom is -1.00 e. The van der Waals surface area contributed by atoms with E-state index in [0.29, 0.717) is 5.92 Å². The number of allylic oxidation sites excluding steroid dienone is 4. The van der Waals surface area contributed by atoms with Crippen LogP contribution in [0.2, 0.25) is 19.6 Å². The Bertz CT molecular complexity index is 996. The molecule has 0 saturated carbocycles. The van der Waals surface area contributed by atoms with E-state index in [4.69, 9.17) is 4.21 Å². The molecule has 2 aromatic carbocycles. The summed E-state index contributed by atoms with van der Waals surface area (Å²) in [6.45, 7) is 12.2. The van der Waals surface area contributed by atoms with Crippen molar-refractivity contribution in [3.8, 4) is 11.1 Å². The summed E-state index contributed by atoms with van der Waals surface area (Å²) in [5.41, 5.74) is 7.56. The molecule has 2 aliphatic carbocycles. The van der Waals surface area contributed by atoms with E-state index in [2.05, 4.69) is 82.0 Å². The van der Waals surface area contributed by atoms with Gasteiger partial charge in [-0.25, -0.2) is 0 Å². The average Bonchev–Trinajstić information content (AvgIpc) is 3.11. The van der Waals surface area contributed by atoms with Crippen LogP contribution in [0.3, 0.4) is 0 Å². The molecule has 0 fully saturated rings. The average molecular weight is 507 g/mol. The fraction of sp³-hybridized carbons (Fsp3) is 0.292. The van der Waals surface area contributed by atoms with Crippen molar-refractivity contribution in [3.63, 3.8) is 0 Å². The van der Waals surface area contributed by atoms with Gasteiger partial charge in [-0.2, -0.15) is 0 Å². The van der Waals surface area contributed by atoms with Crippen LogP contribution in [-0.4, -0.2) is 12.3 Å². The van der Waals surface area contributed by atoms with E-state index in [9.17, 15) is 0 Å². The normalized spacial score (nSPS) is 17.0. The molecule has 4 heteroatoms. The summed E-state index contributed by atoms with van der Waals surface area (Å²) in [5.74, 6) is 0.586. The topological polar surface area (TPSA) is 0 Å². The molecule has 146 valence electrons. The first-order valence-corrected chi connectivity index (χ1v) is 17.3. The molecule has 1 unspecified atom stereocenters. The first-order valence-electron chi connectivity index (χ1n) is 9.62. The largest absolute Gasteiger partial charge is 1.00 e. The van der Waals surface area contributed by atoms with E-state index in [1.165, 1.54) is 16.7 Å². The van der Waals surface area contributed by atoms with Crippen LogP contribution in [0.1, 0.15) is 25.0 Å². The Morgan fingerprint density at radius 2 is 1.61 bits per heavy atom. The molecular formula is C24H28Cl2SiZr. The van der Waals surface area contributed by atoms with Gasteiger partial charge >= 0.3 is 167 Å². The van der Waals surface area contributed by atoms with Gasteiger partial charge in [-0.05, 0) is 0 Å². The molecule has 0 aromatic heterocycles. The molecule has 0 N–H and O–H groups in total. The van der Waals surface area contributed by atoms with Gasteiger partial charge in [-0.3, -0.25) is 0 Å². The first-order chi connectivity index (χ1) is 12.3. The molecule has 0 bridgehead atoms. The third-order valence-electron chi connectivity index (χ3n) is 5.99. The second kappa shape index (κ2) is 8.68. The van der Waals surface area contributed by atoms with E-state index >= 15 is 0 Å². The summed E-state index contributed by atoms with van der Waals surface area (Å²) >= 11 is -2.10. The Kier molecular flexibility index (Phi) is 7.36. The molecule has 28 heavy (non-hydrogen) atoms. The molecule has 2 aliphatic rings. The van der Waals surface area contributed by atoms with Crippen LogP contribution in [0.25, 0.3) is 11.1 Å². The van der Waals surface area contributed by atoms with Gasteiger partial charge in [0.15, 0.2) is 0 Å². The SMILES string of the molecule is [CH2]=[Zr+2]([C]1=C(C)C([Si](C)(C)C)=CC1C)[c]1cccc2c1Cc1ccccc1-2.[Cl-].[Cl-]. The Morgan fingerprint density at radius 3 is 2.25 bits per heavy atom. The summed E-state index contributed by atoms with van der Waals surface area (Å²) < 4.78 is 8.22. The molecule has 4 rings (SSSR count). The van der Waals surface area contributed by atoms with Crippen molar-refractivity contribution >= 4 is 15.6 Å². The molecule has 0 radical (unpaired) electrons. The number of rotatable bonds is 3. The van der Waals surface area contributed by atoms with Crippen molar-refractivity contribution < 1.29 is 46.1 Å². The monoisotopic (exact) mass is 504 g/mol. The zero-order valence-electron chi connectivity index (χ0n) is 17.4. The number of hydrogen-bond acceptors (Lipinski definition) is 0. The van der Waals surface area contributed by atoms with Crippen LogP contribution < -0.4 is 28.1 Å². The van der Waals surface area contributed by atoms with Gasteiger partial charge in [0, 0.05) is 0 Å². The van der Waals surface area contributed by atoms with E-state index in [1.54, 1.807) is 22.9 Å². The summed E-state index contributed by atoms with van der Waals surface area (Å²) in [6.07, 6.45) is 3.66. The predicted molar refractivity (Wildman–Crippen MR) is 115 cm³/mol. The zero-order chi connectivity index (χ0) is 18.6. The van der Waals surface area contributed by atoms with Crippen molar-refractivity contribution in [2.24, 2.45) is 5.92 Å². The maximum absolute atomic E-state index is 4.87. The molecule has 0 heterocycles. The molecule has 0 amide bonds.